The summed E-state index contributed by atoms with van der Waals surface area (Å²) in [6.07, 6.45) is -6.19. The SMILES string of the molecule is N#CC=Cc1cccc(CC(F)(F)F)c1.N#CC[P+](c1ccccc1)(c1ccccc1)c1ccccc1.O=Cc1cccc(OC(F)(F)F)c1.[Cl-]. The van der Waals surface area contributed by atoms with Crippen LogP contribution in [-0.2, 0) is 6.42 Å². The third kappa shape index (κ3) is 13.8. The third-order valence-corrected chi connectivity index (χ3v) is 11.0. The fourth-order valence-electron chi connectivity index (χ4n) is 4.83. The van der Waals surface area contributed by atoms with Gasteiger partial charge in [-0.15, -0.1) is 13.2 Å². The number of carbonyl (C=O) groups excluding carboxylic acids is 1. The van der Waals surface area contributed by atoms with Gasteiger partial charge in [0.05, 0.1) is 12.5 Å². The van der Waals surface area contributed by atoms with Gasteiger partial charge in [0, 0.05) is 11.6 Å². The van der Waals surface area contributed by atoms with Crippen molar-refractivity contribution in [2.24, 2.45) is 0 Å². The van der Waals surface area contributed by atoms with Crippen molar-refractivity contribution in [3.63, 3.8) is 0 Å². The van der Waals surface area contributed by atoms with Crippen LogP contribution in [0.4, 0.5) is 26.3 Å². The Morgan fingerprint density at radius 1 is 0.647 bits per heavy atom. The number of halogens is 7. The summed E-state index contributed by atoms with van der Waals surface area (Å²) in [5, 5.41) is 21.6. The minimum atomic E-state index is -4.72. The zero-order valence-electron chi connectivity index (χ0n) is 26.7. The van der Waals surface area contributed by atoms with Crippen molar-refractivity contribution in [2.75, 3.05) is 6.16 Å². The topological polar surface area (TPSA) is 73.9 Å². The summed E-state index contributed by atoms with van der Waals surface area (Å²) in [5.74, 6) is -0.392. The Bertz CT molecular complexity index is 1810. The minimum absolute atomic E-state index is 0. The lowest BCUT2D eigenvalue weighted by Crippen LogP contribution is -3.00. The minimum Gasteiger partial charge on any atom is -1.00 e. The highest BCUT2D eigenvalue weighted by atomic mass is 35.5. The van der Waals surface area contributed by atoms with Gasteiger partial charge in [-0.25, -0.2) is 0 Å². The lowest BCUT2D eigenvalue weighted by molar-refractivity contribution is -0.274. The molecule has 0 aliphatic carbocycles. The van der Waals surface area contributed by atoms with Crippen molar-refractivity contribution in [1.29, 1.82) is 10.5 Å². The lowest BCUT2D eigenvalue weighted by atomic mass is 10.1. The van der Waals surface area contributed by atoms with E-state index in [-0.39, 0.29) is 23.5 Å². The zero-order valence-corrected chi connectivity index (χ0v) is 28.4. The number of rotatable bonds is 8. The molecule has 0 fully saturated rings. The van der Waals surface area contributed by atoms with Gasteiger partial charge in [-0.3, -0.25) is 4.79 Å². The van der Waals surface area contributed by atoms with Gasteiger partial charge < -0.3 is 17.1 Å². The van der Waals surface area contributed by atoms with Gasteiger partial charge in [0.2, 0.25) is 0 Å². The number of aldehydes is 1. The van der Waals surface area contributed by atoms with Crippen LogP contribution in [0.15, 0.2) is 146 Å². The first-order valence-corrected chi connectivity index (χ1v) is 16.8. The van der Waals surface area contributed by atoms with Crippen LogP contribution in [0.1, 0.15) is 21.5 Å². The van der Waals surface area contributed by atoms with Crippen LogP contribution in [0.5, 0.6) is 5.75 Å². The molecule has 0 heterocycles. The monoisotopic (exact) mass is 738 g/mol. The van der Waals surface area contributed by atoms with Crippen molar-refractivity contribution in [1.82, 2.24) is 0 Å². The molecular weight excluding hydrogens is 709 g/mol. The normalized spacial score (nSPS) is 10.9. The number of nitrogens with zero attached hydrogens (tertiary/aromatic N) is 2. The van der Waals surface area contributed by atoms with Gasteiger partial charge >= 0.3 is 12.5 Å². The molecule has 0 N–H and O–H groups in total. The van der Waals surface area contributed by atoms with Crippen LogP contribution < -0.4 is 33.1 Å². The molecule has 0 atom stereocenters. The molecule has 4 nitrogen and oxygen atoms in total. The molecule has 0 saturated carbocycles. The molecule has 5 aromatic carbocycles. The number of benzene rings is 5. The van der Waals surface area contributed by atoms with Crippen LogP contribution in [0.2, 0.25) is 0 Å². The van der Waals surface area contributed by atoms with Gasteiger partial charge in [-0.05, 0) is 65.7 Å². The summed E-state index contributed by atoms with van der Waals surface area (Å²) < 4.78 is 74.7. The molecule has 0 aliphatic rings. The maximum atomic E-state index is 12.1. The second-order valence-electron chi connectivity index (χ2n) is 10.4. The number of hydrogen-bond acceptors (Lipinski definition) is 4. The summed E-state index contributed by atoms with van der Waals surface area (Å²) >= 11 is 0. The van der Waals surface area contributed by atoms with Gasteiger partial charge in [0.15, 0.2) is 6.16 Å². The molecule has 262 valence electrons. The standard InChI is InChI=1S/C20H17NP.C11H8F3N.C8H5F3O2.ClH/c21-16-17-22(18-10-4-1-5-11-18,19-12-6-2-7-13-19)20-14-8-3-9-15-20;12-11(13,14)8-10-4-1-3-9(7-10)5-2-6-15;9-8(10,11)13-7-3-1-2-6(4-7)5-12;/h1-15H,17H2;1-5,7H,8H2;1-5H;1H/q+1;;;/p-1. The Morgan fingerprint density at radius 2 is 1.14 bits per heavy atom. The summed E-state index contributed by atoms with van der Waals surface area (Å²) in [4.78, 5) is 10.2. The van der Waals surface area contributed by atoms with E-state index >= 15 is 0 Å². The van der Waals surface area contributed by atoms with Crippen molar-refractivity contribution in [3.05, 3.63) is 162 Å². The maximum absolute atomic E-state index is 12.1. The van der Waals surface area contributed by atoms with E-state index in [2.05, 4.69) is 83.6 Å². The van der Waals surface area contributed by atoms with E-state index in [1.165, 1.54) is 58.4 Å². The Kier molecular flexibility index (Phi) is 16.6. The van der Waals surface area contributed by atoms with Crippen LogP contribution in [0.25, 0.3) is 6.08 Å². The molecule has 0 bridgehead atoms. The number of ether oxygens (including phenoxy) is 1. The fourth-order valence-corrected chi connectivity index (χ4v) is 8.53. The zero-order chi connectivity index (χ0) is 36.5. The first-order chi connectivity index (χ1) is 23.9. The smallest absolute Gasteiger partial charge is 0.573 e. The molecule has 12 heteroatoms. The van der Waals surface area contributed by atoms with E-state index in [0.29, 0.717) is 18.0 Å². The molecular formula is C39H30ClF6N2O2P. The van der Waals surface area contributed by atoms with Crippen molar-refractivity contribution >= 4 is 35.5 Å². The molecule has 5 aromatic rings. The van der Waals surface area contributed by atoms with E-state index in [4.69, 9.17) is 5.26 Å². The summed E-state index contributed by atoms with van der Waals surface area (Å²) in [7, 11) is -1.91. The maximum Gasteiger partial charge on any atom is 0.573 e. The van der Waals surface area contributed by atoms with Gasteiger partial charge in [-0.1, -0.05) is 91.0 Å². The molecule has 0 saturated heterocycles. The van der Waals surface area contributed by atoms with Gasteiger partial charge in [-0.2, -0.15) is 23.7 Å². The summed E-state index contributed by atoms with van der Waals surface area (Å²) in [6.45, 7) is 0. The Morgan fingerprint density at radius 3 is 1.57 bits per heavy atom. The van der Waals surface area contributed by atoms with Crippen LogP contribution in [0.3, 0.4) is 0 Å². The summed E-state index contributed by atoms with van der Waals surface area (Å²) in [6, 6.07) is 46.5. The highest BCUT2D eigenvalue weighted by molar-refractivity contribution is 7.95. The molecule has 5 rings (SSSR count). The van der Waals surface area contributed by atoms with Gasteiger partial charge in [0.1, 0.15) is 41.3 Å². The van der Waals surface area contributed by atoms with Gasteiger partial charge in [0.25, 0.3) is 0 Å². The molecule has 0 aromatic heterocycles. The highest BCUT2D eigenvalue weighted by Crippen LogP contribution is 2.54. The van der Waals surface area contributed by atoms with E-state index in [1.807, 2.05) is 18.2 Å². The molecule has 0 aliphatic heterocycles. The number of hydrogen-bond donors (Lipinski definition) is 0. The first kappa shape index (κ1) is 41.8. The lowest BCUT2D eigenvalue weighted by Gasteiger charge is -2.25. The number of allylic oxidation sites excluding steroid dienone is 1. The van der Waals surface area contributed by atoms with Crippen LogP contribution in [0, 0.1) is 22.7 Å². The van der Waals surface area contributed by atoms with E-state index in [9.17, 15) is 36.4 Å². The molecule has 0 radical (unpaired) electrons. The average Bonchev–Trinajstić information content (AvgIpc) is 3.10. The quantitative estimate of drug-likeness (QED) is 0.0819. The molecule has 0 unspecified atom stereocenters. The van der Waals surface area contributed by atoms with E-state index < -0.39 is 32.0 Å². The Hall–Kier alpha value is -5.41. The second-order valence-corrected chi connectivity index (χ2v) is 13.9. The molecule has 51 heavy (non-hydrogen) atoms. The molecule has 0 spiro atoms. The second kappa shape index (κ2) is 20.3. The number of alkyl halides is 6. The van der Waals surface area contributed by atoms with Crippen molar-refractivity contribution in [3.8, 4) is 17.9 Å². The molecule has 0 amide bonds. The highest BCUT2D eigenvalue weighted by Gasteiger charge is 2.45. The Labute approximate surface area is 299 Å². The Balaban J connectivity index is 0.000000275. The first-order valence-electron chi connectivity index (χ1n) is 14.8. The fraction of sp³-hybridized carbons (Fsp3) is 0.103. The van der Waals surface area contributed by atoms with Crippen LogP contribution in [-0.4, -0.2) is 25.0 Å². The van der Waals surface area contributed by atoms with Crippen molar-refractivity contribution in [2.45, 2.75) is 19.0 Å². The van der Waals surface area contributed by atoms with E-state index in [1.54, 1.807) is 12.1 Å². The predicted molar refractivity (Wildman–Crippen MR) is 185 cm³/mol. The summed E-state index contributed by atoms with van der Waals surface area (Å²) in [5.41, 5.74) is 0.933. The van der Waals surface area contributed by atoms with Crippen LogP contribution >= 0.6 is 7.26 Å². The van der Waals surface area contributed by atoms with E-state index in [0.717, 1.165) is 12.1 Å². The predicted octanol–water partition coefficient (Wildman–Crippen LogP) is 6.23. The third-order valence-electron chi connectivity index (χ3n) is 6.83. The average molecular weight is 739 g/mol. The number of nitriles is 2. The van der Waals surface area contributed by atoms with Crippen molar-refractivity contribution < 1.29 is 48.3 Å². The largest absolute Gasteiger partial charge is 1.00 e. The number of carbonyl (C=O) groups is 1.